The van der Waals surface area contributed by atoms with Crippen LogP contribution in [-0.4, -0.2) is 48.3 Å². The maximum absolute atomic E-state index is 13.5. The van der Waals surface area contributed by atoms with Gasteiger partial charge in [-0.25, -0.2) is 17.9 Å². The summed E-state index contributed by atoms with van der Waals surface area (Å²) < 4.78 is 47.2. The van der Waals surface area contributed by atoms with Gasteiger partial charge >= 0.3 is 5.97 Å². The average Bonchev–Trinajstić information content (AvgIpc) is 3.58. The number of ether oxygens (including phenoxy) is 2. The molecule has 4 aromatic rings. The summed E-state index contributed by atoms with van der Waals surface area (Å²) in [7, 11) is -2.64. The molecule has 0 spiro atoms. The zero-order chi connectivity index (χ0) is 29.0. The van der Waals surface area contributed by atoms with Gasteiger partial charge in [0.25, 0.3) is 5.91 Å². The number of furan rings is 1. The summed E-state index contributed by atoms with van der Waals surface area (Å²) in [5.74, 6) is -1.35. The summed E-state index contributed by atoms with van der Waals surface area (Å²) in [6, 6.07) is 13.3. The highest BCUT2D eigenvalue weighted by Gasteiger charge is 2.27. The molecule has 1 amide bonds. The number of carbonyl (C=O) groups is 2. The van der Waals surface area contributed by atoms with Crippen molar-refractivity contribution in [3.63, 3.8) is 0 Å². The second kappa shape index (κ2) is 11.6. The Labute approximate surface area is 230 Å². The minimum absolute atomic E-state index is 0.00470. The molecule has 1 atom stereocenters. The summed E-state index contributed by atoms with van der Waals surface area (Å²) >= 11 is 0. The van der Waals surface area contributed by atoms with Gasteiger partial charge in [0.05, 0.1) is 19.1 Å². The minimum atomic E-state index is -4.16. The first-order chi connectivity index (χ1) is 19.0. The molecular formula is C27H28N4O8S. The van der Waals surface area contributed by atoms with Crippen molar-refractivity contribution >= 4 is 27.6 Å². The molecule has 2 heterocycles. The molecule has 3 N–H and O–H groups in total. The van der Waals surface area contributed by atoms with Gasteiger partial charge in [-0.1, -0.05) is 6.92 Å². The van der Waals surface area contributed by atoms with Crippen molar-refractivity contribution in [1.29, 1.82) is 0 Å². The molecule has 0 radical (unpaired) electrons. The lowest BCUT2D eigenvalue weighted by molar-refractivity contribution is 0.0689. The fraction of sp³-hybridized carbons (Fsp3) is 0.222. The number of aromatic carboxylic acids is 1. The van der Waals surface area contributed by atoms with E-state index in [1.54, 1.807) is 37.3 Å². The lowest BCUT2D eigenvalue weighted by Crippen LogP contribution is -2.32. The minimum Gasteiger partial charge on any atom is -0.497 e. The predicted molar refractivity (Wildman–Crippen MR) is 145 cm³/mol. The number of carbonyl (C=O) groups excluding carboxylic acids is 1. The molecule has 0 unspecified atom stereocenters. The number of anilines is 1. The van der Waals surface area contributed by atoms with Gasteiger partial charge in [-0.15, -0.1) is 0 Å². The van der Waals surface area contributed by atoms with Gasteiger partial charge in [0.1, 0.15) is 16.4 Å². The van der Waals surface area contributed by atoms with E-state index in [0.29, 0.717) is 17.9 Å². The molecule has 0 aliphatic carbocycles. The predicted octanol–water partition coefficient (Wildman–Crippen LogP) is 4.60. The van der Waals surface area contributed by atoms with Gasteiger partial charge in [0.15, 0.2) is 11.5 Å². The first-order valence-corrected chi connectivity index (χ1v) is 13.7. The largest absolute Gasteiger partial charge is 0.497 e. The van der Waals surface area contributed by atoms with E-state index in [1.807, 2.05) is 6.92 Å². The number of carboxylic acid groups (broad SMARTS) is 1. The summed E-state index contributed by atoms with van der Waals surface area (Å²) in [5.41, 5.74) is 0.535. The molecule has 0 aliphatic rings. The van der Waals surface area contributed by atoms with E-state index in [9.17, 15) is 23.1 Å². The summed E-state index contributed by atoms with van der Waals surface area (Å²) in [5, 5.41) is 16.5. The van der Waals surface area contributed by atoms with E-state index >= 15 is 0 Å². The molecule has 210 valence electrons. The van der Waals surface area contributed by atoms with Crippen molar-refractivity contribution in [2.45, 2.75) is 38.1 Å². The van der Waals surface area contributed by atoms with E-state index in [-0.39, 0.29) is 39.2 Å². The van der Waals surface area contributed by atoms with Crippen LogP contribution >= 0.6 is 0 Å². The highest BCUT2D eigenvalue weighted by molar-refractivity contribution is 7.89. The Kier molecular flexibility index (Phi) is 8.26. The van der Waals surface area contributed by atoms with Crippen molar-refractivity contribution in [1.82, 2.24) is 14.5 Å². The first-order valence-electron chi connectivity index (χ1n) is 12.2. The quantitative estimate of drug-likeness (QED) is 0.235. The lowest BCUT2D eigenvalue weighted by Gasteiger charge is -2.17. The Morgan fingerprint density at radius 1 is 1.15 bits per heavy atom. The van der Waals surface area contributed by atoms with E-state index in [1.165, 1.54) is 49.2 Å². The van der Waals surface area contributed by atoms with Crippen LogP contribution in [0.25, 0.3) is 5.69 Å². The van der Waals surface area contributed by atoms with Crippen LogP contribution in [0.1, 0.15) is 46.9 Å². The van der Waals surface area contributed by atoms with Gasteiger partial charge in [-0.2, -0.15) is 9.78 Å². The van der Waals surface area contributed by atoms with E-state index in [2.05, 4.69) is 15.1 Å². The molecule has 12 nitrogen and oxygen atoms in total. The number of hydrogen-bond donors (Lipinski definition) is 3. The molecule has 0 aliphatic heterocycles. The highest BCUT2D eigenvalue weighted by atomic mass is 32.2. The number of carboxylic acids is 1. The standard InChI is InChI=1S/C27H28N4O8S/c1-5-16(2)30-40(35,36)23-15-18(28-25(32)22-7-6-14-38-22)8-13-21(23)39-26-17(3)24(27(33)34)29-31(26)19-9-11-20(37-4)12-10-19/h6-16,30H,5H2,1-4H3,(H,28,32)(H,33,34)/t16-/m0/s1. The second-order valence-electron chi connectivity index (χ2n) is 8.82. The molecule has 2 aromatic carbocycles. The number of methoxy groups -OCH3 is 1. The molecule has 0 saturated heterocycles. The Morgan fingerprint density at radius 2 is 1.88 bits per heavy atom. The lowest BCUT2D eigenvalue weighted by atomic mass is 10.2. The topological polar surface area (TPSA) is 162 Å². The smallest absolute Gasteiger partial charge is 0.356 e. The number of sulfonamides is 1. The van der Waals surface area contributed by atoms with E-state index in [0.717, 1.165) is 0 Å². The number of amides is 1. The van der Waals surface area contributed by atoms with Gasteiger partial charge in [-0.05, 0) is 74.9 Å². The van der Waals surface area contributed by atoms with Crippen molar-refractivity contribution in [2.75, 3.05) is 12.4 Å². The Balaban J connectivity index is 1.81. The third-order valence-electron chi connectivity index (χ3n) is 6.00. The van der Waals surface area contributed by atoms with Crippen LogP contribution < -0.4 is 19.5 Å². The number of benzene rings is 2. The van der Waals surface area contributed by atoms with E-state index in [4.69, 9.17) is 13.9 Å². The number of rotatable bonds is 11. The number of hydrogen-bond acceptors (Lipinski definition) is 8. The molecule has 40 heavy (non-hydrogen) atoms. The van der Waals surface area contributed by atoms with Crippen molar-refractivity contribution in [2.24, 2.45) is 0 Å². The molecular weight excluding hydrogens is 540 g/mol. The highest BCUT2D eigenvalue weighted by Crippen LogP contribution is 2.35. The Hall–Kier alpha value is -4.62. The summed E-state index contributed by atoms with van der Waals surface area (Å²) in [6.07, 6.45) is 1.87. The van der Waals surface area contributed by atoms with Crippen LogP contribution in [0.5, 0.6) is 17.4 Å². The zero-order valence-electron chi connectivity index (χ0n) is 22.2. The molecule has 0 bridgehead atoms. The Morgan fingerprint density at radius 3 is 2.48 bits per heavy atom. The Bertz CT molecular complexity index is 1630. The third-order valence-corrected chi connectivity index (χ3v) is 7.61. The molecule has 4 rings (SSSR count). The number of aromatic nitrogens is 2. The maximum atomic E-state index is 13.5. The van der Waals surface area contributed by atoms with E-state index < -0.39 is 27.9 Å². The van der Waals surface area contributed by atoms with Crippen LogP contribution in [0.15, 0.2) is 70.2 Å². The number of nitrogens with zero attached hydrogens (tertiary/aromatic N) is 2. The second-order valence-corrected chi connectivity index (χ2v) is 10.5. The van der Waals surface area contributed by atoms with Gasteiger partial charge in [-0.3, -0.25) is 4.79 Å². The third kappa shape index (κ3) is 6.00. The molecule has 0 saturated carbocycles. The fourth-order valence-corrected chi connectivity index (χ4v) is 5.18. The number of nitrogens with one attached hydrogen (secondary N) is 2. The van der Waals surface area contributed by atoms with Crippen LogP contribution in [0.2, 0.25) is 0 Å². The maximum Gasteiger partial charge on any atom is 0.356 e. The van der Waals surface area contributed by atoms with Crippen molar-refractivity contribution < 1.29 is 37.0 Å². The molecule has 2 aromatic heterocycles. The SMILES string of the molecule is CC[C@H](C)NS(=O)(=O)c1cc(NC(=O)c2ccco2)ccc1Oc1c(C)c(C(=O)O)nn1-c1ccc(OC)cc1. The molecule has 0 fully saturated rings. The van der Waals surface area contributed by atoms with Crippen LogP contribution in [0, 0.1) is 6.92 Å². The fourth-order valence-electron chi connectivity index (χ4n) is 3.70. The van der Waals surface area contributed by atoms with Crippen LogP contribution in [-0.2, 0) is 10.0 Å². The van der Waals surface area contributed by atoms with Crippen LogP contribution in [0.4, 0.5) is 5.69 Å². The van der Waals surface area contributed by atoms with Gasteiger partial charge in [0, 0.05) is 17.3 Å². The van der Waals surface area contributed by atoms with Gasteiger partial charge in [0.2, 0.25) is 15.9 Å². The summed E-state index contributed by atoms with van der Waals surface area (Å²) in [6.45, 7) is 5.05. The summed E-state index contributed by atoms with van der Waals surface area (Å²) in [4.78, 5) is 24.1. The normalized spacial score (nSPS) is 12.1. The zero-order valence-corrected chi connectivity index (χ0v) is 23.0. The van der Waals surface area contributed by atoms with Crippen molar-refractivity contribution in [3.8, 4) is 23.1 Å². The average molecular weight is 569 g/mol. The van der Waals surface area contributed by atoms with Gasteiger partial charge < -0.3 is 24.3 Å². The first kappa shape index (κ1) is 28.4. The molecule has 13 heteroatoms. The van der Waals surface area contributed by atoms with Crippen molar-refractivity contribution in [3.05, 3.63) is 77.9 Å². The monoisotopic (exact) mass is 568 g/mol. The van der Waals surface area contributed by atoms with Crippen LogP contribution in [0.3, 0.4) is 0 Å².